The normalized spacial score (nSPS) is 10.9. The van der Waals surface area contributed by atoms with Crippen molar-refractivity contribution in [2.45, 2.75) is 77.2 Å². The number of carbonyl (C=O) groups is 1. The van der Waals surface area contributed by atoms with E-state index in [1.54, 1.807) is 0 Å². The van der Waals surface area contributed by atoms with Gasteiger partial charge in [-0.25, -0.2) is 0 Å². The third-order valence-electron chi connectivity index (χ3n) is 5.08. The molecule has 0 bridgehead atoms. The second-order valence-corrected chi connectivity index (χ2v) is 7.40. The van der Waals surface area contributed by atoms with Crippen LogP contribution in [0.2, 0.25) is 0 Å². The Kier molecular flexibility index (Phi) is 10.3. The van der Waals surface area contributed by atoms with Crippen LogP contribution in [-0.4, -0.2) is 5.91 Å². The minimum atomic E-state index is -0.0709. The molecule has 0 saturated carbocycles. The average molecular weight is 366 g/mol. The van der Waals surface area contributed by atoms with E-state index in [1.807, 2.05) is 36.4 Å². The fraction of sp³-hybridized carbons (Fsp3) is 0.480. The van der Waals surface area contributed by atoms with Gasteiger partial charge >= 0.3 is 0 Å². The molecule has 0 spiro atoms. The van der Waals surface area contributed by atoms with Crippen molar-refractivity contribution in [1.29, 1.82) is 0 Å². The first kappa shape index (κ1) is 21.2. The Morgan fingerprint density at radius 1 is 0.704 bits per heavy atom. The van der Waals surface area contributed by atoms with Gasteiger partial charge in [0.2, 0.25) is 5.91 Å². The summed E-state index contributed by atoms with van der Waals surface area (Å²) in [6.45, 7) is 2.26. The highest BCUT2D eigenvalue weighted by Crippen LogP contribution is 2.22. The van der Waals surface area contributed by atoms with E-state index >= 15 is 0 Å². The van der Waals surface area contributed by atoms with E-state index in [9.17, 15) is 4.79 Å². The number of rotatable bonds is 13. The SMILES string of the molecule is CCCCCCCCCCCC(=O)NC(c1ccccc1)c1ccccc1. The Hall–Kier alpha value is -2.09. The Bertz CT molecular complexity index is 584. The fourth-order valence-corrected chi connectivity index (χ4v) is 3.48. The van der Waals surface area contributed by atoms with Crippen molar-refractivity contribution >= 4 is 5.91 Å². The van der Waals surface area contributed by atoms with Crippen LogP contribution in [0, 0.1) is 0 Å². The van der Waals surface area contributed by atoms with Crippen LogP contribution < -0.4 is 5.32 Å². The zero-order valence-corrected chi connectivity index (χ0v) is 16.8. The Labute approximate surface area is 165 Å². The largest absolute Gasteiger partial charge is 0.345 e. The summed E-state index contributed by atoms with van der Waals surface area (Å²) >= 11 is 0. The lowest BCUT2D eigenvalue weighted by Crippen LogP contribution is -2.29. The lowest BCUT2D eigenvalue weighted by atomic mass is 9.98. The summed E-state index contributed by atoms with van der Waals surface area (Å²) in [5, 5.41) is 3.24. The molecule has 1 N–H and O–H groups in total. The lowest BCUT2D eigenvalue weighted by molar-refractivity contribution is -0.121. The molecule has 0 unspecified atom stereocenters. The first-order chi connectivity index (χ1) is 13.3. The number of benzene rings is 2. The highest BCUT2D eigenvalue weighted by molar-refractivity contribution is 5.77. The second kappa shape index (κ2) is 13.1. The highest BCUT2D eigenvalue weighted by atomic mass is 16.1. The molecule has 0 saturated heterocycles. The minimum Gasteiger partial charge on any atom is -0.345 e. The average Bonchev–Trinajstić information content (AvgIpc) is 2.72. The molecule has 0 atom stereocenters. The summed E-state index contributed by atoms with van der Waals surface area (Å²) in [6, 6.07) is 20.4. The van der Waals surface area contributed by atoms with Crippen LogP contribution in [0.5, 0.6) is 0 Å². The molecular formula is C25H35NO. The molecular weight excluding hydrogens is 330 g/mol. The van der Waals surface area contributed by atoms with Gasteiger partial charge < -0.3 is 5.32 Å². The van der Waals surface area contributed by atoms with Gasteiger partial charge in [0.05, 0.1) is 6.04 Å². The minimum absolute atomic E-state index is 0.0709. The molecule has 146 valence electrons. The van der Waals surface area contributed by atoms with Crippen molar-refractivity contribution < 1.29 is 4.79 Å². The number of unbranched alkanes of at least 4 members (excludes halogenated alkanes) is 8. The van der Waals surface area contributed by atoms with Crippen molar-refractivity contribution in [3.63, 3.8) is 0 Å². The van der Waals surface area contributed by atoms with Crippen molar-refractivity contribution in [3.8, 4) is 0 Å². The van der Waals surface area contributed by atoms with E-state index in [2.05, 4.69) is 36.5 Å². The van der Waals surface area contributed by atoms with Gasteiger partial charge in [0.15, 0.2) is 0 Å². The maximum atomic E-state index is 12.5. The Balaban J connectivity index is 1.73. The molecule has 2 heteroatoms. The van der Waals surface area contributed by atoms with E-state index in [4.69, 9.17) is 0 Å². The van der Waals surface area contributed by atoms with E-state index in [1.165, 1.54) is 44.9 Å². The smallest absolute Gasteiger partial charge is 0.220 e. The van der Waals surface area contributed by atoms with Gasteiger partial charge in [-0.05, 0) is 17.5 Å². The van der Waals surface area contributed by atoms with Crippen LogP contribution in [0.25, 0.3) is 0 Å². The van der Waals surface area contributed by atoms with Gasteiger partial charge in [0, 0.05) is 6.42 Å². The van der Waals surface area contributed by atoms with Crippen LogP contribution in [0.15, 0.2) is 60.7 Å². The van der Waals surface area contributed by atoms with Gasteiger partial charge in [-0.15, -0.1) is 0 Å². The first-order valence-electron chi connectivity index (χ1n) is 10.7. The van der Waals surface area contributed by atoms with Gasteiger partial charge in [-0.3, -0.25) is 4.79 Å². The standard InChI is InChI=1S/C25H35NO/c1-2-3-4-5-6-7-8-9-16-21-24(27)26-25(22-17-12-10-13-18-22)23-19-14-11-15-20-23/h10-15,17-20,25H,2-9,16,21H2,1H3,(H,26,27). The molecule has 27 heavy (non-hydrogen) atoms. The third-order valence-corrected chi connectivity index (χ3v) is 5.08. The maximum absolute atomic E-state index is 12.5. The molecule has 2 nitrogen and oxygen atoms in total. The molecule has 0 aromatic heterocycles. The monoisotopic (exact) mass is 365 g/mol. The van der Waals surface area contributed by atoms with Crippen LogP contribution in [0.3, 0.4) is 0 Å². The van der Waals surface area contributed by atoms with Crippen molar-refractivity contribution in [1.82, 2.24) is 5.32 Å². The molecule has 0 radical (unpaired) electrons. The van der Waals surface area contributed by atoms with Gasteiger partial charge in [0.1, 0.15) is 0 Å². The third kappa shape index (κ3) is 8.43. The Morgan fingerprint density at radius 3 is 1.63 bits per heavy atom. The number of hydrogen-bond acceptors (Lipinski definition) is 1. The van der Waals surface area contributed by atoms with E-state index in [-0.39, 0.29) is 11.9 Å². The predicted molar refractivity (Wildman–Crippen MR) is 115 cm³/mol. The molecule has 0 aliphatic heterocycles. The van der Waals surface area contributed by atoms with Crippen LogP contribution in [0.4, 0.5) is 0 Å². The van der Waals surface area contributed by atoms with Crippen molar-refractivity contribution in [3.05, 3.63) is 71.8 Å². The van der Waals surface area contributed by atoms with E-state index in [0.29, 0.717) is 6.42 Å². The lowest BCUT2D eigenvalue weighted by Gasteiger charge is -2.20. The quantitative estimate of drug-likeness (QED) is 0.388. The molecule has 2 rings (SSSR count). The molecule has 0 fully saturated rings. The van der Waals surface area contributed by atoms with Crippen LogP contribution in [-0.2, 0) is 4.79 Å². The second-order valence-electron chi connectivity index (χ2n) is 7.40. The summed E-state index contributed by atoms with van der Waals surface area (Å²) in [5.74, 6) is 0.149. The summed E-state index contributed by atoms with van der Waals surface area (Å²) in [5.41, 5.74) is 2.26. The van der Waals surface area contributed by atoms with Crippen molar-refractivity contribution in [2.24, 2.45) is 0 Å². The Morgan fingerprint density at radius 2 is 1.15 bits per heavy atom. The van der Waals surface area contributed by atoms with E-state index < -0.39 is 0 Å². The van der Waals surface area contributed by atoms with Crippen LogP contribution in [0.1, 0.15) is 88.3 Å². The summed E-state index contributed by atoms with van der Waals surface area (Å²) < 4.78 is 0. The molecule has 0 aliphatic rings. The highest BCUT2D eigenvalue weighted by Gasteiger charge is 2.16. The van der Waals surface area contributed by atoms with E-state index in [0.717, 1.165) is 24.0 Å². The number of carbonyl (C=O) groups excluding carboxylic acids is 1. The predicted octanol–water partition coefficient (Wildman–Crippen LogP) is 6.81. The maximum Gasteiger partial charge on any atom is 0.220 e. The molecule has 2 aromatic rings. The zero-order chi connectivity index (χ0) is 19.2. The van der Waals surface area contributed by atoms with Gasteiger partial charge in [-0.2, -0.15) is 0 Å². The van der Waals surface area contributed by atoms with Crippen molar-refractivity contribution in [2.75, 3.05) is 0 Å². The van der Waals surface area contributed by atoms with Gasteiger partial charge in [-0.1, -0.05) is 119 Å². The van der Waals surface area contributed by atoms with Gasteiger partial charge in [0.25, 0.3) is 0 Å². The fourth-order valence-electron chi connectivity index (χ4n) is 3.48. The number of hydrogen-bond donors (Lipinski definition) is 1. The molecule has 1 amide bonds. The number of amides is 1. The summed E-state index contributed by atoms with van der Waals surface area (Å²) in [6.07, 6.45) is 12.1. The summed E-state index contributed by atoms with van der Waals surface area (Å²) in [7, 11) is 0. The topological polar surface area (TPSA) is 29.1 Å². The van der Waals surface area contributed by atoms with Crippen LogP contribution >= 0.6 is 0 Å². The summed E-state index contributed by atoms with van der Waals surface area (Å²) in [4.78, 5) is 12.5. The number of nitrogens with one attached hydrogen (secondary N) is 1. The molecule has 2 aromatic carbocycles. The first-order valence-corrected chi connectivity index (χ1v) is 10.7. The zero-order valence-electron chi connectivity index (χ0n) is 16.8. The molecule has 0 heterocycles. The molecule has 0 aliphatic carbocycles.